The molecule has 0 fully saturated rings. The molecule has 0 bridgehead atoms. The van der Waals surface area contributed by atoms with Crippen molar-refractivity contribution in [1.82, 2.24) is 0 Å². The summed E-state index contributed by atoms with van der Waals surface area (Å²) in [6, 6.07) is 6.33. The lowest BCUT2D eigenvalue weighted by atomic mass is 9.66. The predicted octanol–water partition coefficient (Wildman–Crippen LogP) is 6.36. The maximum atomic E-state index is 11.0. The second-order valence-electron chi connectivity index (χ2n) is 9.57. The molecule has 1 aromatic carbocycles. The van der Waals surface area contributed by atoms with Crippen LogP contribution >= 0.6 is 0 Å². The number of allylic oxidation sites excluding steroid dienone is 2. The molecule has 0 amide bonds. The first kappa shape index (κ1) is 19.8. The Balaban J connectivity index is 1.94. The first-order valence-corrected chi connectivity index (χ1v) is 10.2. The number of hydrogen-bond acceptors (Lipinski definition) is 3. The minimum Gasteiger partial charge on any atom is -0.508 e. The molecule has 0 saturated heterocycles. The third-order valence-electron chi connectivity index (χ3n) is 6.63. The van der Waals surface area contributed by atoms with E-state index in [1.165, 1.54) is 5.57 Å². The second-order valence-corrected chi connectivity index (χ2v) is 9.57. The summed E-state index contributed by atoms with van der Waals surface area (Å²) < 4.78 is 6.45. The summed E-state index contributed by atoms with van der Waals surface area (Å²) in [5.74, 6) is 1.95. The lowest BCUT2D eigenvalue weighted by molar-refractivity contribution is 0.00741. The largest absolute Gasteiger partial charge is 0.508 e. The van der Waals surface area contributed by atoms with Crippen molar-refractivity contribution in [2.75, 3.05) is 0 Å². The summed E-state index contributed by atoms with van der Waals surface area (Å²) in [7, 11) is 0. The zero-order valence-corrected chi connectivity index (χ0v) is 17.4. The lowest BCUT2D eigenvalue weighted by Gasteiger charge is -2.47. The first-order chi connectivity index (χ1) is 12.7. The number of fused-ring (bicyclic) bond motifs is 3. The van der Waals surface area contributed by atoms with Crippen molar-refractivity contribution in [3.63, 3.8) is 0 Å². The Morgan fingerprint density at radius 2 is 2.04 bits per heavy atom. The van der Waals surface area contributed by atoms with Crippen LogP contribution in [0.15, 0.2) is 23.8 Å². The molecule has 1 aliphatic carbocycles. The molecule has 3 rings (SSSR count). The maximum absolute atomic E-state index is 11.0. The molecular weight excluding hydrogens is 334 g/mol. The van der Waals surface area contributed by atoms with Gasteiger partial charge in [-0.1, -0.05) is 31.9 Å². The van der Waals surface area contributed by atoms with Gasteiger partial charge in [-0.25, -0.2) is 0 Å². The fraction of sp³-hybridized carbons (Fsp3) is 0.625. The van der Waals surface area contributed by atoms with Gasteiger partial charge in [0.1, 0.15) is 17.1 Å². The minimum absolute atomic E-state index is 0.0608. The van der Waals surface area contributed by atoms with Crippen LogP contribution in [0.2, 0.25) is 0 Å². The molecule has 0 radical (unpaired) electrons. The van der Waals surface area contributed by atoms with E-state index >= 15 is 0 Å². The van der Waals surface area contributed by atoms with E-state index in [-0.39, 0.29) is 11.0 Å². The summed E-state index contributed by atoms with van der Waals surface area (Å²) in [5, 5.41) is 19.7. The van der Waals surface area contributed by atoms with Crippen LogP contribution < -0.4 is 4.74 Å². The number of aromatic hydroxyl groups is 1. The van der Waals surface area contributed by atoms with Gasteiger partial charge in [0.15, 0.2) is 0 Å². The zero-order valence-electron chi connectivity index (χ0n) is 17.4. The van der Waals surface area contributed by atoms with E-state index in [4.69, 9.17) is 10.00 Å². The smallest absolute Gasteiger partial charge is 0.127 e. The van der Waals surface area contributed by atoms with E-state index in [9.17, 15) is 5.11 Å². The van der Waals surface area contributed by atoms with Crippen molar-refractivity contribution in [2.45, 2.75) is 90.1 Å². The molecule has 3 heteroatoms. The number of unbranched alkanes of at least 4 members (excludes halogenated alkanes) is 2. The van der Waals surface area contributed by atoms with E-state index in [0.29, 0.717) is 24.0 Å². The molecule has 0 spiro atoms. The van der Waals surface area contributed by atoms with Gasteiger partial charge in [0.2, 0.25) is 0 Å². The molecule has 2 atom stereocenters. The number of benzene rings is 1. The quantitative estimate of drug-likeness (QED) is 0.486. The molecule has 1 heterocycles. The Hall–Kier alpha value is -1.95. The minimum atomic E-state index is -0.239. The van der Waals surface area contributed by atoms with Gasteiger partial charge < -0.3 is 9.84 Å². The van der Waals surface area contributed by atoms with Crippen LogP contribution in [0.3, 0.4) is 0 Å². The standard InChI is InChI=1S/C24H33NO2/c1-16-9-10-19-18(13-16)22-20(26)14-17(15-21(22)27-24(19,4)5)23(2,3)11-7-6-8-12-25/h9,14-15,18-19,26H,6-8,10-11,13H2,1-5H3/t18-,19-/m1/s1. The van der Waals surface area contributed by atoms with Crippen molar-refractivity contribution in [3.8, 4) is 17.6 Å². The molecule has 1 aliphatic heterocycles. The summed E-state index contributed by atoms with van der Waals surface area (Å²) in [6.45, 7) is 11.0. The molecule has 146 valence electrons. The number of ether oxygens (including phenoxy) is 1. The van der Waals surface area contributed by atoms with Gasteiger partial charge in [-0.05, 0) is 69.6 Å². The van der Waals surface area contributed by atoms with Crippen molar-refractivity contribution >= 4 is 0 Å². The molecule has 0 unspecified atom stereocenters. The highest BCUT2D eigenvalue weighted by Gasteiger charge is 2.46. The highest BCUT2D eigenvalue weighted by molar-refractivity contribution is 5.54. The van der Waals surface area contributed by atoms with Crippen LogP contribution in [0.25, 0.3) is 0 Å². The first-order valence-electron chi connectivity index (χ1n) is 10.2. The zero-order chi connectivity index (χ0) is 19.8. The highest BCUT2D eigenvalue weighted by Crippen LogP contribution is 2.54. The Labute approximate surface area is 164 Å². The number of phenolic OH excluding ortho intramolecular Hbond substituents is 1. The second kappa shape index (κ2) is 7.23. The van der Waals surface area contributed by atoms with E-state index in [0.717, 1.165) is 49.0 Å². The van der Waals surface area contributed by atoms with Gasteiger partial charge in [-0.2, -0.15) is 5.26 Å². The average molecular weight is 368 g/mol. The average Bonchev–Trinajstić information content (AvgIpc) is 2.57. The third kappa shape index (κ3) is 3.86. The number of phenols is 1. The van der Waals surface area contributed by atoms with Gasteiger partial charge in [0.05, 0.1) is 6.07 Å². The van der Waals surface area contributed by atoms with Crippen molar-refractivity contribution in [3.05, 3.63) is 34.9 Å². The molecule has 0 aromatic heterocycles. The summed E-state index contributed by atoms with van der Waals surface area (Å²) in [4.78, 5) is 0. The predicted molar refractivity (Wildman–Crippen MR) is 109 cm³/mol. The molecule has 1 N–H and O–H groups in total. The number of rotatable bonds is 5. The van der Waals surface area contributed by atoms with E-state index in [1.54, 1.807) is 0 Å². The Morgan fingerprint density at radius 1 is 1.30 bits per heavy atom. The number of nitriles is 1. The Morgan fingerprint density at radius 3 is 2.74 bits per heavy atom. The molecule has 3 nitrogen and oxygen atoms in total. The summed E-state index contributed by atoms with van der Waals surface area (Å²) >= 11 is 0. The molecule has 0 saturated carbocycles. The Kier molecular flexibility index (Phi) is 5.30. The van der Waals surface area contributed by atoms with Crippen LogP contribution in [-0.4, -0.2) is 10.7 Å². The molecule has 2 aliphatic rings. The summed E-state index contributed by atoms with van der Waals surface area (Å²) in [6.07, 6.45) is 7.87. The van der Waals surface area contributed by atoms with Gasteiger partial charge in [-0.3, -0.25) is 0 Å². The van der Waals surface area contributed by atoms with Crippen molar-refractivity contribution < 1.29 is 9.84 Å². The van der Waals surface area contributed by atoms with E-state index in [2.05, 4.69) is 52.8 Å². The third-order valence-corrected chi connectivity index (χ3v) is 6.63. The number of hydrogen-bond donors (Lipinski definition) is 1. The van der Waals surface area contributed by atoms with Crippen molar-refractivity contribution in [2.24, 2.45) is 5.92 Å². The van der Waals surface area contributed by atoms with Gasteiger partial charge >= 0.3 is 0 Å². The molecular formula is C24H33NO2. The van der Waals surface area contributed by atoms with E-state index < -0.39 is 0 Å². The van der Waals surface area contributed by atoms with Crippen LogP contribution in [0.5, 0.6) is 11.5 Å². The maximum Gasteiger partial charge on any atom is 0.127 e. The van der Waals surface area contributed by atoms with Crippen LogP contribution in [0, 0.1) is 17.2 Å². The normalized spacial score (nSPS) is 23.5. The molecule has 27 heavy (non-hydrogen) atoms. The fourth-order valence-electron chi connectivity index (χ4n) is 4.87. The van der Waals surface area contributed by atoms with Gasteiger partial charge in [0, 0.05) is 23.8 Å². The molecule has 1 aromatic rings. The van der Waals surface area contributed by atoms with Gasteiger partial charge in [0.25, 0.3) is 0 Å². The van der Waals surface area contributed by atoms with Crippen LogP contribution in [0.1, 0.15) is 90.2 Å². The summed E-state index contributed by atoms with van der Waals surface area (Å²) in [5.41, 5.74) is 3.22. The fourth-order valence-corrected chi connectivity index (χ4v) is 4.87. The SMILES string of the molecule is CC1=CC[C@@H]2[C@@H](C1)c1c(O)cc(C(C)(C)CCCCC#N)cc1OC2(C)C. The Bertz CT molecular complexity index is 782. The van der Waals surface area contributed by atoms with Gasteiger partial charge in [-0.15, -0.1) is 0 Å². The van der Waals surface area contributed by atoms with Crippen LogP contribution in [-0.2, 0) is 5.41 Å². The van der Waals surface area contributed by atoms with E-state index in [1.807, 2.05) is 6.07 Å². The lowest BCUT2D eigenvalue weighted by Crippen LogP contribution is -2.45. The van der Waals surface area contributed by atoms with Crippen molar-refractivity contribution in [1.29, 1.82) is 5.26 Å². The number of nitrogens with zero attached hydrogens (tertiary/aromatic N) is 1. The monoisotopic (exact) mass is 367 g/mol. The highest BCUT2D eigenvalue weighted by atomic mass is 16.5. The van der Waals surface area contributed by atoms with Crippen LogP contribution in [0.4, 0.5) is 0 Å². The topological polar surface area (TPSA) is 53.2 Å².